The van der Waals surface area contributed by atoms with Crippen molar-refractivity contribution in [2.45, 2.75) is 65.4 Å². The third-order valence-corrected chi connectivity index (χ3v) is 3.95. The molecule has 0 amide bonds. The van der Waals surface area contributed by atoms with Crippen LogP contribution in [0.5, 0.6) is 5.75 Å². The minimum absolute atomic E-state index is 0.0353. The Bertz CT molecular complexity index is 524. The van der Waals surface area contributed by atoms with Crippen molar-refractivity contribution in [2.75, 3.05) is 0 Å². The molecule has 0 spiro atoms. The average molecular weight is 260 g/mol. The summed E-state index contributed by atoms with van der Waals surface area (Å²) in [4.78, 5) is 11.8. The van der Waals surface area contributed by atoms with Crippen LogP contribution >= 0.6 is 0 Å². The number of ether oxygens (including phenoxy) is 1. The standard InChI is InChI=1S/C17H24O2/c1-7-12-8-15-14(9-13(12)11(2)18)16(3,4)10-17(5,6)19-15/h8-9H,7,10H2,1-6H3. The Hall–Kier alpha value is -1.31. The molecule has 2 heteroatoms. The zero-order chi connectivity index (χ0) is 14.4. The molecule has 1 heterocycles. The van der Waals surface area contributed by atoms with E-state index in [1.54, 1.807) is 6.92 Å². The van der Waals surface area contributed by atoms with Gasteiger partial charge in [0.2, 0.25) is 0 Å². The minimum Gasteiger partial charge on any atom is -0.488 e. The highest BCUT2D eigenvalue weighted by Crippen LogP contribution is 2.45. The molecule has 0 bridgehead atoms. The first-order valence-corrected chi connectivity index (χ1v) is 7.03. The van der Waals surface area contributed by atoms with Gasteiger partial charge in [-0.3, -0.25) is 4.79 Å². The monoisotopic (exact) mass is 260 g/mol. The fraction of sp³-hybridized carbons (Fsp3) is 0.588. The van der Waals surface area contributed by atoms with Crippen molar-refractivity contribution in [3.8, 4) is 5.75 Å². The number of carbonyl (C=O) groups is 1. The van der Waals surface area contributed by atoms with E-state index in [9.17, 15) is 4.79 Å². The number of rotatable bonds is 2. The van der Waals surface area contributed by atoms with Gasteiger partial charge in [-0.1, -0.05) is 20.8 Å². The summed E-state index contributed by atoms with van der Waals surface area (Å²) in [6, 6.07) is 4.11. The summed E-state index contributed by atoms with van der Waals surface area (Å²) in [5.74, 6) is 1.09. The van der Waals surface area contributed by atoms with Gasteiger partial charge in [-0.05, 0) is 56.7 Å². The van der Waals surface area contributed by atoms with Crippen LogP contribution in [0.2, 0.25) is 0 Å². The predicted octanol–water partition coefficient (Wildman–Crippen LogP) is 4.29. The maximum atomic E-state index is 11.8. The van der Waals surface area contributed by atoms with E-state index in [1.807, 2.05) is 6.07 Å². The molecule has 1 aliphatic rings. The molecule has 0 unspecified atom stereocenters. The van der Waals surface area contributed by atoms with Crippen LogP contribution in [0.1, 0.15) is 69.4 Å². The molecule has 1 aliphatic heterocycles. The lowest BCUT2D eigenvalue weighted by Gasteiger charge is -2.42. The van der Waals surface area contributed by atoms with Crippen LogP contribution in [0.3, 0.4) is 0 Å². The fourth-order valence-corrected chi connectivity index (χ4v) is 3.35. The second-order valence-corrected chi connectivity index (χ2v) is 6.84. The largest absolute Gasteiger partial charge is 0.488 e. The van der Waals surface area contributed by atoms with Crippen molar-refractivity contribution in [3.63, 3.8) is 0 Å². The fourth-order valence-electron chi connectivity index (χ4n) is 3.35. The number of benzene rings is 1. The highest BCUT2D eigenvalue weighted by atomic mass is 16.5. The van der Waals surface area contributed by atoms with Gasteiger partial charge in [0.25, 0.3) is 0 Å². The van der Waals surface area contributed by atoms with E-state index in [0.29, 0.717) is 0 Å². The van der Waals surface area contributed by atoms with E-state index in [4.69, 9.17) is 4.74 Å². The molecule has 0 aliphatic carbocycles. The van der Waals surface area contributed by atoms with Gasteiger partial charge in [0.05, 0.1) is 0 Å². The normalized spacial score (nSPS) is 19.5. The third kappa shape index (κ3) is 2.54. The molecule has 19 heavy (non-hydrogen) atoms. The maximum absolute atomic E-state index is 11.8. The number of Topliss-reactive ketones (excluding diaryl/α,β-unsaturated/α-hetero) is 1. The molecule has 0 radical (unpaired) electrons. The molecule has 2 nitrogen and oxygen atoms in total. The van der Waals surface area contributed by atoms with Gasteiger partial charge in [-0.25, -0.2) is 0 Å². The number of hydrogen-bond donors (Lipinski definition) is 0. The summed E-state index contributed by atoms with van der Waals surface area (Å²) in [6.45, 7) is 12.4. The summed E-state index contributed by atoms with van der Waals surface area (Å²) in [6.07, 6.45) is 1.81. The van der Waals surface area contributed by atoms with Gasteiger partial charge in [-0.15, -0.1) is 0 Å². The highest BCUT2D eigenvalue weighted by molar-refractivity contribution is 5.96. The van der Waals surface area contributed by atoms with Crippen molar-refractivity contribution in [1.29, 1.82) is 0 Å². The molecular weight excluding hydrogens is 236 g/mol. The summed E-state index contributed by atoms with van der Waals surface area (Å²) >= 11 is 0. The molecule has 0 atom stereocenters. The second kappa shape index (κ2) is 4.36. The molecule has 1 aromatic carbocycles. The Labute approximate surface area is 116 Å². The second-order valence-electron chi connectivity index (χ2n) is 6.84. The maximum Gasteiger partial charge on any atom is 0.160 e. The van der Waals surface area contributed by atoms with E-state index < -0.39 is 0 Å². The molecule has 0 aromatic heterocycles. The molecular formula is C17H24O2. The van der Waals surface area contributed by atoms with E-state index in [2.05, 4.69) is 40.7 Å². The van der Waals surface area contributed by atoms with E-state index >= 15 is 0 Å². The lowest BCUT2D eigenvalue weighted by molar-refractivity contribution is 0.0533. The first-order valence-electron chi connectivity index (χ1n) is 7.03. The van der Waals surface area contributed by atoms with Crippen LogP contribution in [-0.2, 0) is 11.8 Å². The Balaban J connectivity index is 2.65. The first-order chi connectivity index (χ1) is 8.66. The van der Waals surface area contributed by atoms with Crippen molar-refractivity contribution in [1.82, 2.24) is 0 Å². The Morgan fingerprint density at radius 2 is 1.89 bits per heavy atom. The molecule has 0 saturated carbocycles. The van der Waals surface area contributed by atoms with E-state index in [0.717, 1.165) is 35.3 Å². The zero-order valence-corrected chi connectivity index (χ0v) is 12.9. The van der Waals surface area contributed by atoms with Gasteiger partial charge in [0, 0.05) is 11.1 Å². The number of hydrogen-bond acceptors (Lipinski definition) is 2. The SMILES string of the molecule is CCc1cc2c(cc1C(C)=O)C(C)(C)CC(C)(C)O2. The van der Waals surface area contributed by atoms with Crippen LogP contribution < -0.4 is 4.74 Å². The quantitative estimate of drug-likeness (QED) is 0.741. The Morgan fingerprint density at radius 1 is 1.26 bits per heavy atom. The van der Waals surface area contributed by atoms with Crippen LogP contribution in [0.4, 0.5) is 0 Å². The van der Waals surface area contributed by atoms with Gasteiger partial charge in [0.15, 0.2) is 5.78 Å². The van der Waals surface area contributed by atoms with Gasteiger partial charge < -0.3 is 4.74 Å². The molecule has 2 rings (SSSR count). The zero-order valence-electron chi connectivity index (χ0n) is 12.9. The first kappa shape index (κ1) is 14.1. The van der Waals surface area contributed by atoms with Crippen LogP contribution in [0.25, 0.3) is 0 Å². The molecule has 0 saturated heterocycles. The van der Waals surface area contributed by atoms with Crippen molar-refractivity contribution >= 4 is 5.78 Å². The Kier molecular flexibility index (Phi) is 3.24. The lowest BCUT2D eigenvalue weighted by Crippen LogP contribution is -2.41. The predicted molar refractivity (Wildman–Crippen MR) is 78.2 cm³/mol. The van der Waals surface area contributed by atoms with Crippen molar-refractivity contribution in [2.24, 2.45) is 0 Å². The summed E-state index contributed by atoms with van der Waals surface area (Å²) in [5, 5.41) is 0. The van der Waals surface area contributed by atoms with Gasteiger partial charge in [0.1, 0.15) is 11.4 Å². The number of carbonyl (C=O) groups excluding carboxylic acids is 1. The molecule has 104 valence electrons. The summed E-state index contributed by atoms with van der Waals surface area (Å²) in [7, 11) is 0. The molecule has 0 fully saturated rings. The summed E-state index contributed by atoms with van der Waals surface area (Å²) in [5.41, 5.74) is 2.97. The topological polar surface area (TPSA) is 26.3 Å². The average Bonchev–Trinajstić information content (AvgIpc) is 2.24. The minimum atomic E-state index is -0.154. The van der Waals surface area contributed by atoms with E-state index in [1.165, 1.54) is 0 Å². The number of fused-ring (bicyclic) bond motifs is 1. The molecule has 1 aromatic rings. The highest BCUT2D eigenvalue weighted by Gasteiger charge is 2.39. The smallest absolute Gasteiger partial charge is 0.160 e. The molecule has 0 N–H and O–H groups in total. The van der Waals surface area contributed by atoms with Gasteiger partial charge >= 0.3 is 0 Å². The van der Waals surface area contributed by atoms with Gasteiger partial charge in [-0.2, -0.15) is 0 Å². The van der Waals surface area contributed by atoms with E-state index in [-0.39, 0.29) is 16.8 Å². The van der Waals surface area contributed by atoms with Crippen LogP contribution in [0, 0.1) is 0 Å². The van der Waals surface area contributed by atoms with Crippen LogP contribution in [-0.4, -0.2) is 11.4 Å². The Morgan fingerprint density at radius 3 is 2.42 bits per heavy atom. The van der Waals surface area contributed by atoms with Crippen LogP contribution in [0.15, 0.2) is 12.1 Å². The lowest BCUT2D eigenvalue weighted by atomic mass is 9.72. The number of ketones is 1. The van der Waals surface area contributed by atoms with Crippen molar-refractivity contribution in [3.05, 3.63) is 28.8 Å². The third-order valence-electron chi connectivity index (χ3n) is 3.95. The van der Waals surface area contributed by atoms with Crippen molar-refractivity contribution < 1.29 is 9.53 Å². The number of aryl methyl sites for hydroxylation is 1. The summed E-state index contributed by atoms with van der Waals surface area (Å²) < 4.78 is 6.12.